The Bertz CT molecular complexity index is 2220. The zero-order valence-corrected chi connectivity index (χ0v) is 45.4. The molecule has 0 amide bonds. The molecule has 0 saturated carbocycles. The van der Waals surface area contributed by atoms with E-state index >= 15 is 0 Å². The van der Waals surface area contributed by atoms with Crippen LogP contribution >= 0.6 is 0 Å². The molecule has 37 heteroatoms. The Morgan fingerprint density at radius 2 is 0.558 bits per heavy atom. The number of nitrogens with zero attached hydrogens (tertiary/aromatic N) is 1. The first-order valence-electron chi connectivity index (χ1n) is 27.8. The van der Waals surface area contributed by atoms with Gasteiger partial charge in [0.05, 0.1) is 58.7 Å². The van der Waals surface area contributed by atoms with E-state index in [2.05, 4.69) is 10.3 Å². The van der Waals surface area contributed by atoms with Gasteiger partial charge in [-0.25, -0.2) is 0 Å². The Kier molecular flexibility index (Phi) is 23.6. The van der Waals surface area contributed by atoms with E-state index in [0.29, 0.717) is 5.76 Å². The third-order valence-corrected chi connectivity index (χ3v) is 16.1. The Morgan fingerprint density at radius 3 is 0.779 bits per heavy atom. The normalized spacial score (nSPS) is 50.9. The molecule has 0 aromatic carbocycles. The van der Waals surface area contributed by atoms with Gasteiger partial charge >= 0.3 is 0 Å². The van der Waals surface area contributed by atoms with Crippen LogP contribution in [0.2, 0.25) is 0 Å². The number of hydrogen-bond donors (Lipinski definition) is 21. The van der Waals surface area contributed by atoms with Crippen LogP contribution in [0.4, 0.5) is 0 Å². The number of nitrogens with one attached hydrogen (secondary N) is 1. The topological polar surface area (TPSA) is 571 Å². The average molecular weight is 1260 g/mol. The van der Waals surface area contributed by atoms with Crippen LogP contribution in [-0.4, -0.2) is 383 Å². The maximum atomic E-state index is 11.8. The summed E-state index contributed by atoms with van der Waals surface area (Å²) >= 11 is 0. The number of hydrogen-bond acceptors (Lipinski definition) is 37. The number of rotatable bonds is 12. The van der Waals surface area contributed by atoms with Crippen LogP contribution in [0.25, 0.3) is 0 Å². The quantitative estimate of drug-likeness (QED) is 0.0682. The molecule has 37 nitrogen and oxygen atoms in total. The van der Waals surface area contributed by atoms with Crippen molar-refractivity contribution in [2.24, 2.45) is 4.99 Å². The third kappa shape index (κ3) is 14.1. The maximum Gasteiger partial charge on any atom is 0.187 e. The van der Waals surface area contributed by atoms with Crippen molar-refractivity contribution >= 4 is 6.21 Å². The van der Waals surface area contributed by atoms with Crippen molar-refractivity contribution in [2.45, 2.75) is 215 Å². The smallest absolute Gasteiger partial charge is 0.187 e. The second-order valence-corrected chi connectivity index (χ2v) is 21.7. The van der Waals surface area contributed by atoms with Gasteiger partial charge < -0.3 is 178 Å². The van der Waals surface area contributed by atoms with Crippen molar-refractivity contribution in [3.63, 3.8) is 0 Å². The maximum absolute atomic E-state index is 11.8. The number of aliphatic hydroxyl groups excluding tert-OH is 20. The van der Waals surface area contributed by atoms with Crippen molar-refractivity contribution in [2.75, 3.05) is 59.3 Å². The molecule has 0 spiro atoms. The van der Waals surface area contributed by atoms with E-state index < -0.39 is 255 Å². The lowest BCUT2D eigenvalue weighted by molar-refractivity contribution is -0.396. The molecule has 22 rings (SSSR count). The summed E-state index contributed by atoms with van der Waals surface area (Å²) in [5.41, 5.74) is 0. The minimum Gasteiger partial charge on any atom is -0.463 e. The number of ether oxygens (including phenoxy) is 14. The highest BCUT2D eigenvalue weighted by atomic mass is 16.8. The lowest BCUT2D eigenvalue weighted by Crippen LogP contribution is -2.68. The first kappa shape index (κ1) is 67.9. The number of furan rings is 1. The molecular formula is C49H78N2O35. The van der Waals surface area contributed by atoms with Gasteiger partial charge in [-0.15, -0.1) is 0 Å². The molecule has 22 heterocycles. The van der Waals surface area contributed by atoms with Crippen LogP contribution in [0.5, 0.6) is 0 Å². The Hall–Kier alpha value is -2.45. The van der Waals surface area contributed by atoms with E-state index in [1.807, 2.05) is 0 Å². The monoisotopic (exact) mass is 1250 g/mol. The van der Waals surface area contributed by atoms with Gasteiger partial charge in [0.25, 0.3) is 0 Å². The first-order chi connectivity index (χ1) is 41.2. The highest BCUT2D eigenvalue weighted by Gasteiger charge is 2.59. The van der Waals surface area contributed by atoms with Crippen LogP contribution in [0.1, 0.15) is 5.76 Å². The van der Waals surface area contributed by atoms with Crippen LogP contribution < -0.4 is 5.32 Å². The molecule has 1 aromatic rings. The molecule has 494 valence electrons. The predicted octanol–water partition coefficient (Wildman–Crippen LogP) is -13.9. The molecule has 35 atom stereocenters. The molecule has 21 saturated heterocycles. The van der Waals surface area contributed by atoms with E-state index in [1.54, 1.807) is 12.1 Å². The molecule has 0 aliphatic carbocycles. The minimum absolute atomic E-state index is 0.110. The highest BCUT2D eigenvalue weighted by molar-refractivity contribution is 5.75. The van der Waals surface area contributed by atoms with E-state index in [1.165, 1.54) is 12.5 Å². The summed E-state index contributed by atoms with van der Waals surface area (Å²) in [6.07, 6.45) is -66.7. The van der Waals surface area contributed by atoms with E-state index in [4.69, 9.17) is 70.7 Å². The highest BCUT2D eigenvalue weighted by Crippen LogP contribution is 2.39. The largest absolute Gasteiger partial charge is 0.463 e. The molecule has 21 N–H and O–H groups in total. The van der Waals surface area contributed by atoms with Gasteiger partial charge in [-0.05, 0) is 12.1 Å². The summed E-state index contributed by atoms with van der Waals surface area (Å²) in [5, 5.41) is 226. The van der Waals surface area contributed by atoms with Crippen molar-refractivity contribution in [3.8, 4) is 0 Å². The van der Waals surface area contributed by atoms with Crippen LogP contribution in [0.15, 0.2) is 27.8 Å². The predicted molar refractivity (Wildman–Crippen MR) is 265 cm³/mol. The molecule has 1 aromatic heterocycles. The minimum atomic E-state index is -2.21. The summed E-state index contributed by atoms with van der Waals surface area (Å²) in [5.74, 6) is 0.445. The van der Waals surface area contributed by atoms with Gasteiger partial charge in [0.1, 0.15) is 177 Å². The summed E-state index contributed by atoms with van der Waals surface area (Å²) in [6.45, 7) is -6.31. The summed E-state index contributed by atoms with van der Waals surface area (Å²) in [4.78, 5) is 4.25. The Morgan fingerprint density at radius 1 is 0.326 bits per heavy atom. The number of aliphatic imine (C=N–C) groups is 1. The van der Waals surface area contributed by atoms with Crippen molar-refractivity contribution in [1.82, 2.24) is 5.32 Å². The lowest BCUT2D eigenvalue weighted by Gasteiger charge is -2.50. The van der Waals surface area contributed by atoms with Crippen molar-refractivity contribution < 1.29 is 173 Å². The molecular weight excluding hydrogens is 1180 g/mol. The zero-order chi connectivity index (χ0) is 62.0. The van der Waals surface area contributed by atoms with Gasteiger partial charge in [-0.3, -0.25) is 4.99 Å². The van der Waals surface area contributed by atoms with E-state index in [9.17, 15) is 102 Å². The molecule has 0 radical (unpaired) electrons. The molecule has 14 bridgehead atoms. The van der Waals surface area contributed by atoms with Gasteiger partial charge in [0, 0.05) is 13.1 Å². The van der Waals surface area contributed by atoms with Crippen LogP contribution in [-0.2, 0) is 66.3 Å². The fourth-order valence-corrected chi connectivity index (χ4v) is 11.3. The Labute approximate surface area is 487 Å². The Balaban J connectivity index is 0.999. The summed E-state index contributed by atoms with van der Waals surface area (Å²) in [6, 6.07) is 3.30. The van der Waals surface area contributed by atoms with E-state index in [-0.39, 0.29) is 19.6 Å². The molecule has 21 fully saturated rings. The molecule has 21 aliphatic heterocycles. The van der Waals surface area contributed by atoms with Crippen LogP contribution in [0, 0.1) is 0 Å². The zero-order valence-electron chi connectivity index (χ0n) is 45.4. The SMILES string of the molecule is OC[C@H]1O[C@@H]2O[C@H]3[C@H](O)[C@@H](O)[C@@H](O[C@H]4[C@H](O)[C@@H](O)[C@@H](O[C@H]5[C@H](O)[C@@H](O)[C@@H](O[C@H]6[C@H](O)[C@@H](O)[C@@H](O[C@H]7[C@H](O)[C@@H](O)[C@@H](O[C@H]8[C@H](O)[C@H](O)[C@@H](O[C@H]1[C@H](O)[C@@H]2O)O[C@@H]8CO)O[C@@H]7CNCCN=Cc1ccco1)O[C@@H]6CO)O[C@@H]5CO)O[C@@H]4CO)O[C@@H]3CO. The average Bonchev–Trinajstić information content (AvgIpc) is 3.85. The molecule has 86 heavy (non-hydrogen) atoms. The third-order valence-electron chi connectivity index (χ3n) is 16.1. The van der Waals surface area contributed by atoms with E-state index in [0.717, 1.165) is 0 Å². The standard InChI is InChI=1S/C49H78N2O35/c52-8-16-37-24(60)31(67)45(75-16)83-39-18(10-54)77-47(33(69)26(39)62)85-41-20(12-56)79-49(35(71)28(41)64)86-42-21(13-57)78-48(34(70)27(42)63)84-40-19(11-55)76-46(32(68)25(40)61)82-38-17(9-53)74-44(30(66)23(38)59)80-36-15(73-43(81-37)29(65)22(36)58)7-51-4-3-50-6-14-2-1-5-72-14/h1-2,5-6,15-49,51-71H,3-4,7-13H2/t15-,16-,17-,18-,19-,20-,21-,22-,23-,24-,25-,26-,27-,28-,29-,30-,31+,32-,33+,34-,35-,36-,37-,38-,39-,40-,41-,42-,43-,44-,45-,46-,47-,48-,49-/m1/s1. The van der Waals surface area contributed by atoms with Crippen molar-refractivity contribution in [1.29, 1.82) is 0 Å². The second-order valence-electron chi connectivity index (χ2n) is 21.7. The van der Waals surface area contributed by atoms with Crippen molar-refractivity contribution in [3.05, 3.63) is 24.2 Å². The molecule has 0 unspecified atom stereocenters. The fraction of sp³-hybridized carbons (Fsp3) is 0.898. The lowest BCUT2D eigenvalue weighted by atomic mass is 9.95. The second kappa shape index (κ2) is 29.9. The first-order valence-corrected chi connectivity index (χ1v) is 27.8. The summed E-state index contributed by atoms with van der Waals surface area (Å²) in [7, 11) is 0. The summed E-state index contributed by atoms with van der Waals surface area (Å²) < 4.78 is 86.5. The number of aliphatic hydroxyl groups is 20. The van der Waals surface area contributed by atoms with Crippen LogP contribution in [0.3, 0.4) is 0 Å². The fourth-order valence-electron chi connectivity index (χ4n) is 11.3. The van der Waals surface area contributed by atoms with Gasteiger partial charge in [0.2, 0.25) is 0 Å². The molecule has 21 aliphatic rings. The van der Waals surface area contributed by atoms with Gasteiger partial charge in [0.15, 0.2) is 44.0 Å². The van der Waals surface area contributed by atoms with Gasteiger partial charge in [-0.2, -0.15) is 0 Å². The van der Waals surface area contributed by atoms with Gasteiger partial charge in [-0.1, -0.05) is 0 Å².